The third-order valence-electron chi connectivity index (χ3n) is 7.44. The molecule has 0 bridgehead atoms. The number of piperazine rings is 1. The fraction of sp³-hybridized carbons (Fsp3) is 0.500. The van der Waals surface area contributed by atoms with E-state index in [9.17, 15) is 18.0 Å². The topological polar surface area (TPSA) is 45.2 Å². The maximum atomic E-state index is 13.6. The molecule has 0 radical (unpaired) electrons. The first-order chi connectivity index (χ1) is 19.0. The molecule has 2 aromatic rings. The van der Waals surface area contributed by atoms with E-state index in [1.54, 1.807) is 17.0 Å². The van der Waals surface area contributed by atoms with Crippen LogP contribution in [0.5, 0.6) is 5.75 Å². The molecule has 2 saturated heterocycles. The number of amides is 1. The van der Waals surface area contributed by atoms with Gasteiger partial charge in [0.2, 0.25) is 0 Å². The molecule has 2 fully saturated rings. The number of alkyl halides is 3. The predicted octanol–water partition coefficient (Wildman–Crippen LogP) is 5.69. The minimum atomic E-state index is -4.60. The van der Waals surface area contributed by atoms with Crippen molar-refractivity contribution in [2.24, 2.45) is 0 Å². The van der Waals surface area contributed by atoms with Gasteiger partial charge in [0, 0.05) is 48.3 Å². The standard InChI is InChI=1S/C30H35ClF3N3O3.2ClH/c1-29(2)21-40-15-14-36(29)11-5-4-10-35-12-13-37(26(20-35)16-22-6-8-25(31)9-7-22)28(38)23-17-24(30(32,33)34)19-27(18-23)39-3;;/h6-9,17-19,26H,10-16,20-21H2,1-3H3;2*1H/t26-;;/m1../s1. The highest BCUT2D eigenvalue weighted by Crippen LogP contribution is 2.33. The number of nitrogens with zero attached hydrogens (tertiary/aromatic N) is 3. The Hall–Kier alpha value is -2.19. The molecule has 0 saturated carbocycles. The number of benzene rings is 2. The molecule has 4 rings (SSSR count). The Morgan fingerprint density at radius 1 is 1.07 bits per heavy atom. The summed E-state index contributed by atoms with van der Waals surface area (Å²) in [7, 11) is 1.28. The molecule has 0 aromatic heterocycles. The molecule has 232 valence electrons. The van der Waals surface area contributed by atoms with Crippen LogP contribution in [0.2, 0.25) is 5.02 Å². The average Bonchev–Trinajstić information content (AvgIpc) is 2.92. The number of morpholine rings is 1. The summed E-state index contributed by atoms with van der Waals surface area (Å²) in [5.74, 6) is 6.10. The van der Waals surface area contributed by atoms with Gasteiger partial charge in [0.15, 0.2) is 0 Å². The van der Waals surface area contributed by atoms with Crippen LogP contribution in [0.15, 0.2) is 42.5 Å². The van der Waals surface area contributed by atoms with Crippen LogP contribution >= 0.6 is 36.4 Å². The van der Waals surface area contributed by atoms with Crippen LogP contribution in [0.3, 0.4) is 0 Å². The van der Waals surface area contributed by atoms with E-state index in [4.69, 9.17) is 21.1 Å². The van der Waals surface area contributed by atoms with E-state index in [0.717, 1.165) is 24.2 Å². The summed E-state index contributed by atoms with van der Waals surface area (Å²) in [5, 5.41) is 0.608. The molecule has 42 heavy (non-hydrogen) atoms. The van der Waals surface area contributed by atoms with E-state index in [1.165, 1.54) is 13.2 Å². The van der Waals surface area contributed by atoms with Gasteiger partial charge in [-0.05, 0) is 56.2 Å². The molecule has 0 unspecified atom stereocenters. The predicted molar refractivity (Wildman–Crippen MR) is 163 cm³/mol. The van der Waals surface area contributed by atoms with Crippen molar-refractivity contribution in [2.75, 3.05) is 59.6 Å². The SMILES string of the molecule is COc1cc(C(=O)N2CCN(CC#CCN3CCOCC3(C)C)C[C@H]2Cc2ccc(Cl)cc2)cc(C(F)(F)F)c1.Cl.Cl. The van der Waals surface area contributed by atoms with Crippen LogP contribution in [0.4, 0.5) is 13.2 Å². The first kappa shape index (κ1) is 36.0. The normalized spacial score (nSPS) is 19.1. The Kier molecular flexibility index (Phi) is 13.3. The number of rotatable bonds is 6. The van der Waals surface area contributed by atoms with E-state index in [2.05, 4.69) is 35.5 Å². The van der Waals surface area contributed by atoms with Gasteiger partial charge in [0.05, 0.1) is 39.0 Å². The Labute approximate surface area is 263 Å². The van der Waals surface area contributed by atoms with E-state index in [-0.39, 0.29) is 47.7 Å². The Bertz CT molecular complexity index is 1250. The Morgan fingerprint density at radius 2 is 1.76 bits per heavy atom. The molecular weight excluding hydrogens is 614 g/mol. The Balaban J connectivity index is 0.00000308. The molecule has 2 heterocycles. The van der Waals surface area contributed by atoms with Crippen LogP contribution < -0.4 is 4.74 Å². The van der Waals surface area contributed by atoms with Gasteiger partial charge in [-0.2, -0.15) is 13.2 Å². The molecule has 0 N–H and O–H groups in total. The van der Waals surface area contributed by atoms with Crippen molar-refractivity contribution >= 4 is 42.3 Å². The summed E-state index contributed by atoms with van der Waals surface area (Å²) in [6.45, 7) is 9.18. The van der Waals surface area contributed by atoms with E-state index >= 15 is 0 Å². The summed E-state index contributed by atoms with van der Waals surface area (Å²) in [6, 6.07) is 10.3. The molecule has 6 nitrogen and oxygen atoms in total. The zero-order valence-electron chi connectivity index (χ0n) is 23.9. The summed E-state index contributed by atoms with van der Waals surface area (Å²) in [6.07, 6.45) is -4.06. The second-order valence-corrected chi connectivity index (χ2v) is 11.2. The van der Waals surface area contributed by atoms with Gasteiger partial charge in [0.1, 0.15) is 5.75 Å². The molecule has 1 amide bonds. The average molecular weight is 651 g/mol. The number of hydrogen-bond donors (Lipinski definition) is 0. The van der Waals surface area contributed by atoms with E-state index in [1.807, 2.05) is 12.1 Å². The lowest BCUT2D eigenvalue weighted by atomic mass is 10.00. The number of hydrogen-bond acceptors (Lipinski definition) is 5. The van der Waals surface area contributed by atoms with Gasteiger partial charge in [-0.25, -0.2) is 0 Å². The summed E-state index contributed by atoms with van der Waals surface area (Å²) in [5.41, 5.74) is -0.0402. The van der Waals surface area contributed by atoms with Crippen molar-refractivity contribution in [3.63, 3.8) is 0 Å². The monoisotopic (exact) mass is 649 g/mol. The molecule has 2 aliphatic rings. The van der Waals surface area contributed by atoms with Gasteiger partial charge in [-0.15, -0.1) is 24.8 Å². The van der Waals surface area contributed by atoms with Crippen LogP contribution in [-0.4, -0.2) is 91.8 Å². The lowest BCUT2D eigenvalue weighted by Crippen LogP contribution is -2.56. The van der Waals surface area contributed by atoms with Crippen molar-refractivity contribution in [1.29, 1.82) is 0 Å². The van der Waals surface area contributed by atoms with Crippen molar-refractivity contribution in [3.05, 3.63) is 64.2 Å². The molecule has 0 spiro atoms. The highest BCUT2D eigenvalue weighted by atomic mass is 35.5. The quantitative estimate of drug-likeness (QED) is 0.376. The number of carbonyl (C=O) groups excluding carboxylic acids is 1. The number of methoxy groups -OCH3 is 1. The maximum Gasteiger partial charge on any atom is 0.416 e. The number of ether oxygens (including phenoxy) is 2. The molecular formula is C30H37Cl3F3N3O3. The first-order valence-corrected chi connectivity index (χ1v) is 13.7. The fourth-order valence-electron chi connectivity index (χ4n) is 5.07. The van der Waals surface area contributed by atoms with Gasteiger partial charge >= 0.3 is 6.18 Å². The van der Waals surface area contributed by atoms with Gasteiger partial charge < -0.3 is 14.4 Å². The highest BCUT2D eigenvalue weighted by Gasteiger charge is 2.35. The third kappa shape index (κ3) is 9.40. The van der Waals surface area contributed by atoms with Gasteiger partial charge in [-0.1, -0.05) is 35.6 Å². The van der Waals surface area contributed by atoms with Crippen LogP contribution in [0.25, 0.3) is 0 Å². The second kappa shape index (κ2) is 15.5. The van der Waals surface area contributed by atoms with Crippen molar-refractivity contribution < 1.29 is 27.4 Å². The Morgan fingerprint density at radius 3 is 2.40 bits per heavy atom. The molecule has 0 aliphatic carbocycles. The third-order valence-corrected chi connectivity index (χ3v) is 7.70. The first-order valence-electron chi connectivity index (χ1n) is 13.3. The lowest BCUT2D eigenvalue weighted by molar-refractivity contribution is -0.137. The zero-order chi connectivity index (χ0) is 28.9. The maximum absolute atomic E-state index is 13.6. The van der Waals surface area contributed by atoms with Gasteiger partial charge in [0.25, 0.3) is 5.91 Å². The van der Waals surface area contributed by atoms with Crippen LogP contribution in [-0.2, 0) is 17.3 Å². The second-order valence-electron chi connectivity index (χ2n) is 10.8. The van der Waals surface area contributed by atoms with Gasteiger partial charge in [-0.3, -0.25) is 14.6 Å². The summed E-state index contributed by atoms with van der Waals surface area (Å²) < 4.78 is 51.2. The van der Waals surface area contributed by atoms with Crippen LogP contribution in [0.1, 0.15) is 35.3 Å². The molecule has 2 aromatic carbocycles. The van der Waals surface area contributed by atoms with Crippen molar-refractivity contribution in [2.45, 2.75) is 38.0 Å². The summed E-state index contributed by atoms with van der Waals surface area (Å²) >= 11 is 6.06. The molecule has 2 aliphatic heterocycles. The van der Waals surface area contributed by atoms with Crippen molar-refractivity contribution in [1.82, 2.24) is 14.7 Å². The molecule has 1 atom stereocenters. The lowest BCUT2D eigenvalue weighted by Gasteiger charge is -2.41. The smallest absolute Gasteiger partial charge is 0.416 e. The zero-order valence-corrected chi connectivity index (χ0v) is 26.3. The van der Waals surface area contributed by atoms with E-state index in [0.29, 0.717) is 57.4 Å². The fourth-order valence-corrected chi connectivity index (χ4v) is 5.20. The number of halogens is 6. The van der Waals surface area contributed by atoms with Crippen LogP contribution in [0, 0.1) is 11.8 Å². The minimum Gasteiger partial charge on any atom is -0.497 e. The number of carbonyl (C=O) groups is 1. The highest BCUT2D eigenvalue weighted by molar-refractivity contribution is 6.30. The minimum absolute atomic E-state index is 0. The largest absolute Gasteiger partial charge is 0.497 e. The molecule has 12 heteroatoms. The van der Waals surface area contributed by atoms with E-state index < -0.39 is 17.6 Å². The summed E-state index contributed by atoms with van der Waals surface area (Å²) in [4.78, 5) is 19.8. The van der Waals surface area contributed by atoms with Crippen molar-refractivity contribution in [3.8, 4) is 17.6 Å².